The number of benzene rings is 2. The molecular weight excluding hydrogens is 312 g/mol. The van der Waals surface area contributed by atoms with Crippen molar-refractivity contribution < 1.29 is 13.9 Å². The molecule has 0 unspecified atom stereocenters. The molecule has 0 aliphatic rings. The van der Waals surface area contributed by atoms with Gasteiger partial charge in [-0.3, -0.25) is 9.59 Å². The molecule has 1 aromatic heterocycles. The second kappa shape index (κ2) is 6.30. The minimum atomic E-state index is -0.397. The van der Waals surface area contributed by atoms with Crippen LogP contribution in [0.5, 0.6) is 5.75 Å². The third kappa shape index (κ3) is 2.64. The lowest BCUT2D eigenvalue weighted by atomic mass is 10.0. The van der Waals surface area contributed by atoms with Crippen LogP contribution in [0.15, 0.2) is 62.8 Å². The van der Waals surface area contributed by atoms with E-state index in [1.165, 1.54) is 18.9 Å². The van der Waals surface area contributed by atoms with Gasteiger partial charge < -0.3 is 9.15 Å². The number of para-hydroxylation sites is 2. The Balaban J connectivity index is 2.28. The standard InChI is InChI=1S/C18H14O4S/c1-21-13-9-5-3-7-11(13)16(19)15-17(20)12-8-4-6-10-14(12)22-18(15)23-2/h3-10H,1-2H3. The van der Waals surface area contributed by atoms with E-state index < -0.39 is 5.78 Å². The lowest BCUT2D eigenvalue weighted by molar-refractivity contribution is 0.102. The highest BCUT2D eigenvalue weighted by atomic mass is 32.2. The molecule has 3 rings (SSSR count). The van der Waals surface area contributed by atoms with Crippen LogP contribution in [0.1, 0.15) is 15.9 Å². The number of ketones is 1. The van der Waals surface area contributed by atoms with Crippen molar-refractivity contribution in [1.82, 2.24) is 0 Å². The predicted molar refractivity (Wildman–Crippen MR) is 90.7 cm³/mol. The van der Waals surface area contributed by atoms with Gasteiger partial charge in [-0.25, -0.2) is 0 Å². The van der Waals surface area contributed by atoms with Gasteiger partial charge in [0.15, 0.2) is 5.09 Å². The SMILES string of the molecule is COc1ccccc1C(=O)c1c(SC)oc2ccccc2c1=O. The van der Waals surface area contributed by atoms with Crippen molar-refractivity contribution in [2.75, 3.05) is 13.4 Å². The Kier molecular flexibility index (Phi) is 4.21. The van der Waals surface area contributed by atoms with Gasteiger partial charge in [0.05, 0.1) is 18.1 Å². The molecule has 0 spiro atoms. The number of carbonyl (C=O) groups excluding carboxylic acids is 1. The van der Waals surface area contributed by atoms with Crippen LogP contribution in [0.2, 0.25) is 0 Å². The predicted octanol–water partition coefficient (Wildman–Crippen LogP) is 3.75. The molecule has 3 aromatic rings. The molecule has 0 radical (unpaired) electrons. The van der Waals surface area contributed by atoms with Gasteiger partial charge in [-0.05, 0) is 30.5 Å². The monoisotopic (exact) mass is 326 g/mol. The van der Waals surface area contributed by atoms with Crippen LogP contribution in [0, 0.1) is 0 Å². The molecule has 1 heterocycles. The highest BCUT2D eigenvalue weighted by molar-refractivity contribution is 7.98. The Morgan fingerprint density at radius 2 is 1.78 bits per heavy atom. The highest BCUT2D eigenvalue weighted by Gasteiger charge is 2.24. The maximum atomic E-state index is 12.9. The summed E-state index contributed by atoms with van der Waals surface area (Å²) in [5, 5.41) is 0.702. The first kappa shape index (κ1) is 15.4. The molecule has 2 aromatic carbocycles. The van der Waals surface area contributed by atoms with Crippen molar-refractivity contribution in [2.24, 2.45) is 0 Å². The maximum absolute atomic E-state index is 12.9. The summed E-state index contributed by atoms with van der Waals surface area (Å²) in [6.45, 7) is 0. The topological polar surface area (TPSA) is 56.5 Å². The molecule has 0 aliphatic carbocycles. The van der Waals surface area contributed by atoms with Crippen LogP contribution < -0.4 is 10.2 Å². The Labute approximate surface area is 137 Å². The van der Waals surface area contributed by atoms with Gasteiger partial charge in [0.2, 0.25) is 11.2 Å². The van der Waals surface area contributed by atoms with Crippen LogP contribution in [0.25, 0.3) is 11.0 Å². The Hall–Kier alpha value is -2.53. The summed E-state index contributed by atoms with van der Waals surface area (Å²) in [4.78, 5) is 25.7. The summed E-state index contributed by atoms with van der Waals surface area (Å²) in [5.41, 5.74) is 0.527. The Morgan fingerprint density at radius 1 is 1.09 bits per heavy atom. The first-order valence-electron chi connectivity index (χ1n) is 6.95. The van der Waals surface area contributed by atoms with Crippen LogP contribution >= 0.6 is 11.8 Å². The van der Waals surface area contributed by atoms with Crippen LogP contribution in [0.4, 0.5) is 0 Å². The second-order valence-corrected chi connectivity index (χ2v) is 5.60. The lowest BCUT2D eigenvalue weighted by Crippen LogP contribution is -2.18. The molecule has 0 fully saturated rings. The lowest BCUT2D eigenvalue weighted by Gasteiger charge is -2.10. The van der Waals surface area contributed by atoms with Gasteiger partial charge in [-0.1, -0.05) is 36.0 Å². The van der Waals surface area contributed by atoms with Gasteiger partial charge in [-0.15, -0.1) is 0 Å². The van der Waals surface area contributed by atoms with Gasteiger partial charge in [0, 0.05) is 0 Å². The number of rotatable bonds is 4. The molecule has 0 saturated carbocycles. The summed E-state index contributed by atoms with van der Waals surface area (Å²) < 4.78 is 11.0. The van der Waals surface area contributed by atoms with Crippen molar-refractivity contribution in [1.29, 1.82) is 0 Å². The molecule has 23 heavy (non-hydrogen) atoms. The number of methoxy groups -OCH3 is 1. The molecular formula is C18H14O4S. The number of hydrogen-bond acceptors (Lipinski definition) is 5. The van der Waals surface area contributed by atoms with E-state index in [-0.39, 0.29) is 11.0 Å². The molecule has 0 atom stereocenters. The molecule has 0 bridgehead atoms. The van der Waals surface area contributed by atoms with E-state index in [1.807, 2.05) is 0 Å². The average molecular weight is 326 g/mol. The summed E-state index contributed by atoms with van der Waals surface area (Å²) >= 11 is 1.23. The first-order valence-corrected chi connectivity index (χ1v) is 8.17. The van der Waals surface area contributed by atoms with Crippen molar-refractivity contribution >= 4 is 28.5 Å². The number of ether oxygens (including phenoxy) is 1. The number of fused-ring (bicyclic) bond motifs is 1. The zero-order valence-electron chi connectivity index (χ0n) is 12.7. The zero-order valence-corrected chi connectivity index (χ0v) is 13.5. The average Bonchev–Trinajstić information content (AvgIpc) is 2.61. The van der Waals surface area contributed by atoms with E-state index in [2.05, 4.69) is 0 Å². The smallest absolute Gasteiger partial charge is 0.205 e. The third-order valence-corrected chi connectivity index (χ3v) is 4.19. The van der Waals surface area contributed by atoms with E-state index in [0.717, 1.165) is 0 Å². The number of carbonyl (C=O) groups is 1. The van der Waals surface area contributed by atoms with E-state index in [4.69, 9.17) is 9.15 Å². The number of thioether (sulfide) groups is 1. The summed E-state index contributed by atoms with van der Waals surface area (Å²) in [5.74, 6) is 0.0309. The highest BCUT2D eigenvalue weighted by Crippen LogP contribution is 2.27. The van der Waals surface area contributed by atoms with Crippen molar-refractivity contribution in [3.63, 3.8) is 0 Å². The van der Waals surface area contributed by atoms with Gasteiger partial charge >= 0.3 is 0 Å². The second-order valence-electron chi connectivity index (χ2n) is 4.82. The normalized spacial score (nSPS) is 10.7. The zero-order chi connectivity index (χ0) is 16.4. The summed E-state index contributed by atoms with van der Waals surface area (Å²) in [6.07, 6.45) is 1.77. The molecule has 0 amide bonds. The molecule has 0 saturated heterocycles. The third-order valence-electron chi connectivity index (χ3n) is 3.53. The van der Waals surface area contributed by atoms with E-state index in [0.29, 0.717) is 27.4 Å². The molecule has 116 valence electrons. The van der Waals surface area contributed by atoms with E-state index in [1.54, 1.807) is 54.8 Å². The first-order chi connectivity index (χ1) is 11.2. The quantitative estimate of drug-likeness (QED) is 0.540. The van der Waals surface area contributed by atoms with E-state index >= 15 is 0 Å². The molecule has 5 heteroatoms. The summed E-state index contributed by atoms with van der Waals surface area (Å²) in [6, 6.07) is 13.7. The fourth-order valence-electron chi connectivity index (χ4n) is 2.43. The fraction of sp³-hybridized carbons (Fsp3) is 0.111. The van der Waals surface area contributed by atoms with Crippen LogP contribution in [-0.2, 0) is 0 Å². The van der Waals surface area contributed by atoms with Gasteiger partial charge in [-0.2, -0.15) is 0 Å². The Morgan fingerprint density at radius 3 is 2.52 bits per heavy atom. The number of hydrogen-bond donors (Lipinski definition) is 0. The van der Waals surface area contributed by atoms with Crippen molar-refractivity contribution in [2.45, 2.75) is 5.09 Å². The molecule has 0 N–H and O–H groups in total. The maximum Gasteiger partial charge on any atom is 0.205 e. The minimum absolute atomic E-state index is 0.0423. The van der Waals surface area contributed by atoms with Crippen LogP contribution in [-0.4, -0.2) is 19.1 Å². The van der Waals surface area contributed by atoms with Gasteiger partial charge in [0.1, 0.15) is 16.9 Å². The minimum Gasteiger partial charge on any atom is -0.496 e. The van der Waals surface area contributed by atoms with E-state index in [9.17, 15) is 9.59 Å². The van der Waals surface area contributed by atoms with Crippen molar-refractivity contribution in [3.8, 4) is 5.75 Å². The van der Waals surface area contributed by atoms with Crippen LogP contribution in [0.3, 0.4) is 0 Å². The fourth-order valence-corrected chi connectivity index (χ4v) is 2.99. The Bertz CT molecular complexity index is 943. The molecule has 0 aliphatic heterocycles. The molecule has 4 nitrogen and oxygen atoms in total. The van der Waals surface area contributed by atoms with Crippen molar-refractivity contribution in [3.05, 3.63) is 69.9 Å². The largest absolute Gasteiger partial charge is 0.496 e. The summed E-state index contributed by atoms with van der Waals surface area (Å²) in [7, 11) is 1.49. The van der Waals surface area contributed by atoms with Gasteiger partial charge in [0.25, 0.3) is 0 Å².